The van der Waals surface area contributed by atoms with Crippen LogP contribution in [0.2, 0.25) is 0 Å². The van der Waals surface area contributed by atoms with Crippen LogP contribution in [0.25, 0.3) is 10.9 Å². The van der Waals surface area contributed by atoms with Crippen LogP contribution in [0.15, 0.2) is 53.6 Å². The van der Waals surface area contributed by atoms with Gasteiger partial charge in [0.2, 0.25) is 0 Å². The van der Waals surface area contributed by atoms with E-state index in [9.17, 15) is 0 Å². The first-order chi connectivity index (χ1) is 11.3. The maximum atomic E-state index is 4.71. The van der Waals surface area contributed by atoms with E-state index in [0.717, 1.165) is 12.8 Å². The molecule has 0 bridgehead atoms. The van der Waals surface area contributed by atoms with Crippen LogP contribution in [0.3, 0.4) is 0 Å². The molecule has 122 valence electrons. The largest absolute Gasteiger partial charge is 0.353 e. The Bertz CT molecular complexity index is 927. The monoisotopic (exact) mass is 337 g/mol. The van der Waals surface area contributed by atoms with Gasteiger partial charge in [0.05, 0.1) is 17.4 Å². The van der Waals surface area contributed by atoms with Crippen molar-refractivity contribution in [1.82, 2.24) is 10.4 Å². The second kappa shape index (κ2) is 5.67. The maximum absolute atomic E-state index is 4.71. The lowest BCUT2D eigenvalue weighted by Gasteiger charge is -2.24. The Morgan fingerprint density at radius 3 is 2.75 bits per heavy atom. The Morgan fingerprint density at radius 1 is 1.08 bits per heavy atom. The zero-order valence-electron chi connectivity index (χ0n) is 13.5. The molecule has 0 saturated heterocycles. The number of benzene rings is 2. The lowest BCUT2D eigenvalue weighted by molar-refractivity contribution is 0.467. The molecule has 0 radical (unpaired) electrons. The zero-order chi connectivity index (χ0) is 15.4. The summed E-state index contributed by atoms with van der Waals surface area (Å²) < 4.78 is 0. The molecule has 3 nitrogen and oxygen atoms in total. The number of aromatic nitrogens is 1. The molecule has 3 aromatic rings. The number of aryl methyl sites for hydroxylation is 2. The predicted molar refractivity (Wildman–Crippen MR) is 101 cm³/mol. The Balaban J connectivity index is 0.00000146. The molecule has 2 N–H and O–H groups in total. The number of nitrogens with one attached hydrogen (secondary N) is 2. The summed E-state index contributed by atoms with van der Waals surface area (Å²) in [5.74, 6) is 0.457. The lowest BCUT2D eigenvalue weighted by Crippen LogP contribution is -2.26. The third-order valence-electron chi connectivity index (χ3n) is 5.26. The van der Waals surface area contributed by atoms with Crippen LogP contribution in [-0.4, -0.2) is 10.7 Å². The quantitative estimate of drug-likeness (QED) is 0.674. The van der Waals surface area contributed by atoms with E-state index >= 15 is 0 Å². The highest BCUT2D eigenvalue weighted by atomic mass is 35.5. The van der Waals surface area contributed by atoms with Crippen molar-refractivity contribution in [3.05, 3.63) is 70.9 Å². The molecule has 24 heavy (non-hydrogen) atoms. The average molecular weight is 338 g/mol. The van der Waals surface area contributed by atoms with Crippen molar-refractivity contribution in [3.8, 4) is 0 Å². The third kappa shape index (κ3) is 2.15. The summed E-state index contributed by atoms with van der Waals surface area (Å²) in [4.78, 5) is 3.62. The molecule has 0 amide bonds. The number of hydrogen-bond acceptors (Lipinski definition) is 2. The van der Waals surface area contributed by atoms with E-state index in [4.69, 9.17) is 5.10 Å². The number of hydrogen-bond donors (Lipinski definition) is 2. The van der Waals surface area contributed by atoms with Crippen LogP contribution >= 0.6 is 12.4 Å². The highest BCUT2D eigenvalue weighted by Gasteiger charge is 2.38. The Morgan fingerprint density at radius 2 is 1.92 bits per heavy atom. The van der Waals surface area contributed by atoms with Gasteiger partial charge in [0.25, 0.3) is 0 Å². The molecule has 0 saturated carbocycles. The SMILES string of the molecule is Cc1ccc2[nH]c3c(c2c1)CCC1C3=NNC1c1ccccc1.Cl. The molecule has 5 rings (SSSR count). The fourth-order valence-electron chi connectivity index (χ4n) is 4.12. The van der Waals surface area contributed by atoms with Crippen LogP contribution in [0.4, 0.5) is 0 Å². The average Bonchev–Trinajstić information content (AvgIpc) is 3.16. The lowest BCUT2D eigenvalue weighted by atomic mass is 9.79. The summed E-state index contributed by atoms with van der Waals surface area (Å²) in [5.41, 5.74) is 11.1. The van der Waals surface area contributed by atoms with Crippen LogP contribution in [-0.2, 0) is 6.42 Å². The summed E-state index contributed by atoms with van der Waals surface area (Å²) in [6.45, 7) is 2.16. The standard InChI is InChI=1S/C20H19N3.ClH/c1-12-7-10-17-16(11-12)14-8-9-15-18(13-5-3-2-4-6-13)22-23-20(15)19(14)21-17;/h2-7,10-11,15,18,21-22H,8-9H2,1H3;1H. The molecule has 0 fully saturated rings. The van der Waals surface area contributed by atoms with Crippen LogP contribution in [0, 0.1) is 12.8 Å². The number of nitrogens with zero attached hydrogens (tertiary/aromatic N) is 1. The van der Waals surface area contributed by atoms with Gasteiger partial charge in [-0.3, -0.25) is 0 Å². The van der Waals surface area contributed by atoms with Crippen molar-refractivity contribution in [3.63, 3.8) is 0 Å². The first kappa shape index (κ1) is 15.3. The van der Waals surface area contributed by atoms with Crippen LogP contribution in [0.5, 0.6) is 0 Å². The van der Waals surface area contributed by atoms with Gasteiger partial charge in [0.1, 0.15) is 0 Å². The smallest absolute Gasteiger partial charge is 0.0896 e. The molecule has 1 aliphatic heterocycles. The minimum atomic E-state index is 0. The highest BCUT2D eigenvalue weighted by Crippen LogP contribution is 2.40. The highest BCUT2D eigenvalue weighted by molar-refractivity contribution is 6.08. The molecule has 0 spiro atoms. The zero-order valence-corrected chi connectivity index (χ0v) is 14.4. The second-order valence-electron chi connectivity index (χ2n) is 6.69. The fraction of sp³-hybridized carbons (Fsp3) is 0.250. The second-order valence-corrected chi connectivity index (χ2v) is 6.69. The van der Waals surface area contributed by atoms with Crippen molar-refractivity contribution in [2.45, 2.75) is 25.8 Å². The normalized spacial score (nSPS) is 21.5. The van der Waals surface area contributed by atoms with E-state index < -0.39 is 0 Å². The number of hydrazone groups is 1. The molecule has 1 aromatic heterocycles. The van der Waals surface area contributed by atoms with Gasteiger partial charge in [-0.15, -0.1) is 12.4 Å². The van der Waals surface area contributed by atoms with Crippen molar-refractivity contribution < 1.29 is 0 Å². The minimum absolute atomic E-state index is 0. The Hall–Kier alpha value is -2.26. The molecule has 2 aliphatic rings. The van der Waals surface area contributed by atoms with Gasteiger partial charge in [-0.1, -0.05) is 42.0 Å². The third-order valence-corrected chi connectivity index (χ3v) is 5.26. The number of halogens is 1. The molecule has 2 unspecified atom stereocenters. The van der Waals surface area contributed by atoms with Gasteiger partial charge in [0.15, 0.2) is 0 Å². The van der Waals surface area contributed by atoms with Gasteiger partial charge < -0.3 is 10.4 Å². The van der Waals surface area contributed by atoms with Crippen molar-refractivity contribution >= 4 is 29.0 Å². The van der Waals surface area contributed by atoms with Gasteiger partial charge in [-0.2, -0.15) is 5.10 Å². The summed E-state index contributed by atoms with van der Waals surface area (Å²) in [7, 11) is 0. The minimum Gasteiger partial charge on any atom is -0.353 e. The first-order valence-corrected chi connectivity index (χ1v) is 8.31. The van der Waals surface area contributed by atoms with E-state index in [1.807, 2.05) is 0 Å². The number of aromatic amines is 1. The van der Waals surface area contributed by atoms with Crippen molar-refractivity contribution in [2.24, 2.45) is 11.0 Å². The van der Waals surface area contributed by atoms with Gasteiger partial charge in [0, 0.05) is 16.8 Å². The van der Waals surface area contributed by atoms with Crippen LogP contribution in [0.1, 0.15) is 34.8 Å². The van der Waals surface area contributed by atoms with Gasteiger partial charge in [-0.25, -0.2) is 0 Å². The fourth-order valence-corrected chi connectivity index (χ4v) is 4.12. The molecular formula is C20H20ClN3. The van der Waals surface area contributed by atoms with E-state index in [-0.39, 0.29) is 12.4 Å². The van der Waals surface area contributed by atoms with Crippen molar-refractivity contribution in [1.29, 1.82) is 0 Å². The summed E-state index contributed by atoms with van der Waals surface area (Å²) >= 11 is 0. The molecule has 2 heterocycles. The van der Waals surface area contributed by atoms with E-state index in [2.05, 4.69) is 65.9 Å². The summed E-state index contributed by atoms with van der Waals surface area (Å²) in [5, 5.41) is 6.08. The van der Waals surface area contributed by atoms with Crippen LogP contribution < -0.4 is 5.43 Å². The number of fused-ring (bicyclic) bond motifs is 5. The van der Waals surface area contributed by atoms with Gasteiger partial charge >= 0.3 is 0 Å². The summed E-state index contributed by atoms with van der Waals surface area (Å²) in [6.07, 6.45) is 2.27. The van der Waals surface area contributed by atoms with E-state index in [1.54, 1.807) is 0 Å². The van der Waals surface area contributed by atoms with Crippen molar-refractivity contribution in [2.75, 3.05) is 0 Å². The Kier molecular flexibility index (Phi) is 3.61. The maximum Gasteiger partial charge on any atom is 0.0896 e. The molecule has 2 atom stereocenters. The number of H-pyrrole nitrogens is 1. The molecule has 1 aliphatic carbocycles. The Labute approximate surface area is 147 Å². The number of rotatable bonds is 1. The first-order valence-electron chi connectivity index (χ1n) is 8.31. The molecule has 4 heteroatoms. The van der Waals surface area contributed by atoms with Gasteiger partial charge in [-0.05, 0) is 43.0 Å². The summed E-state index contributed by atoms with van der Waals surface area (Å²) in [6, 6.07) is 17.6. The molecular weight excluding hydrogens is 318 g/mol. The van der Waals surface area contributed by atoms with E-state index in [0.29, 0.717) is 12.0 Å². The van der Waals surface area contributed by atoms with E-state index in [1.165, 1.54) is 39.0 Å². The topological polar surface area (TPSA) is 40.2 Å². The molecule has 2 aromatic carbocycles. The predicted octanol–water partition coefficient (Wildman–Crippen LogP) is 4.51.